The third kappa shape index (κ3) is 3.34. The number of carbonyl (C=O) groups is 2. The van der Waals surface area contributed by atoms with Crippen LogP contribution in [-0.2, 0) is 14.3 Å². The molecule has 1 atom stereocenters. The zero-order valence-corrected chi connectivity index (χ0v) is 11.2. The summed E-state index contributed by atoms with van der Waals surface area (Å²) in [5.74, 6) is -0.139. The van der Waals surface area contributed by atoms with Crippen molar-refractivity contribution >= 4 is 11.8 Å². The molecule has 1 saturated heterocycles. The fourth-order valence-corrected chi connectivity index (χ4v) is 1.96. The van der Waals surface area contributed by atoms with Gasteiger partial charge in [-0.15, -0.1) is 0 Å². The van der Waals surface area contributed by atoms with Gasteiger partial charge in [0.25, 0.3) is 11.8 Å². The fourth-order valence-electron chi connectivity index (χ4n) is 1.96. The first-order valence-electron chi connectivity index (χ1n) is 6.43. The number of carbonyl (C=O) groups excluding carboxylic acids is 2. The largest absolute Gasteiger partial charge is 0.494 e. The van der Waals surface area contributed by atoms with Gasteiger partial charge in [-0.25, -0.2) is 0 Å². The van der Waals surface area contributed by atoms with Crippen molar-refractivity contribution in [2.24, 2.45) is 0 Å². The third-order valence-electron chi connectivity index (χ3n) is 2.98. The predicted molar refractivity (Wildman–Crippen MR) is 70.1 cm³/mol. The lowest BCUT2D eigenvalue weighted by Gasteiger charge is -2.27. The number of imide groups is 1. The summed E-state index contributed by atoms with van der Waals surface area (Å²) in [5, 5.41) is 10.1. The van der Waals surface area contributed by atoms with Crippen LogP contribution in [0.3, 0.4) is 0 Å². The van der Waals surface area contributed by atoms with Gasteiger partial charge in [0, 0.05) is 0 Å². The van der Waals surface area contributed by atoms with Crippen LogP contribution in [0.1, 0.15) is 18.6 Å². The number of aliphatic hydroxyl groups excluding tert-OH is 1. The Hall–Kier alpha value is -1.92. The van der Waals surface area contributed by atoms with Crippen LogP contribution in [-0.4, -0.2) is 48.2 Å². The van der Waals surface area contributed by atoms with Crippen LogP contribution in [0.2, 0.25) is 0 Å². The molecule has 0 radical (unpaired) electrons. The Kier molecular flexibility index (Phi) is 4.70. The van der Waals surface area contributed by atoms with E-state index in [9.17, 15) is 14.7 Å². The molecule has 1 aromatic carbocycles. The van der Waals surface area contributed by atoms with E-state index in [0.29, 0.717) is 17.9 Å². The molecular formula is C14H17NO5. The molecule has 1 aliphatic rings. The van der Waals surface area contributed by atoms with Crippen LogP contribution in [0.25, 0.3) is 0 Å². The molecule has 108 valence electrons. The number of benzene rings is 1. The van der Waals surface area contributed by atoms with Gasteiger partial charge in [0.2, 0.25) is 0 Å². The van der Waals surface area contributed by atoms with Crippen molar-refractivity contribution in [1.29, 1.82) is 0 Å². The van der Waals surface area contributed by atoms with Crippen molar-refractivity contribution in [2.75, 3.05) is 26.4 Å². The number of nitrogens with zero attached hydrogens (tertiary/aromatic N) is 1. The number of hydrogen-bond donors (Lipinski definition) is 1. The van der Waals surface area contributed by atoms with Gasteiger partial charge in [0.1, 0.15) is 19.0 Å². The molecule has 6 heteroatoms. The average Bonchev–Trinajstić information content (AvgIpc) is 2.44. The summed E-state index contributed by atoms with van der Waals surface area (Å²) in [6, 6.07) is 6.91. The molecule has 0 bridgehead atoms. The van der Waals surface area contributed by atoms with E-state index < -0.39 is 17.9 Å². The molecular weight excluding hydrogens is 262 g/mol. The van der Waals surface area contributed by atoms with E-state index in [0.717, 1.165) is 4.90 Å². The number of ether oxygens (including phenoxy) is 2. The second kappa shape index (κ2) is 6.49. The Balaban J connectivity index is 2.01. The SMILES string of the molecule is CCOc1ccc(C(O)CN2C(=O)COCC2=O)cc1. The number of morpholine rings is 1. The molecule has 0 spiro atoms. The van der Waals surface area contributed by atoms with Gasteiger partial charge in [-0.1, -0.05) is 12.1 Å². The number of rotatable bonds is 5. The van der Waals surface area contributed by atoms with E-state index in [1.807, 2.05) is 6.92 Å². The third-order valence-corrected chi connectivity index (χ3v) is 2.98. The fraction of sp³-hybridized carbons (Fsp3) is 0.429. The van der Waals surface area contributed by atoms with Gasteiger partial charge in [-0.3, -0.25) is 14.5 Å². The topological polar surface area (TPSA) is 76.1 Å². The number of amides is 2. The maximum atomic E-state index is 11.6. The lowest BCUT2D eigenvalue weighted by molar-refractivity contribution is -0.160. The predicted octanol–water partition coefficient (Wildman–Crippen LogP) is 0.504. The molecule has 0 aromatic heterocycles. The van der Waals surface area contributed by atoms with Crippen LogP contribution in [0.4, 0.5) is 0 Å². The van der Waals surface area contributed by atoms with E-state index in [4.69, 9.17) is 9.47 Å². The molecule has 20 heavy (non-hydrogen) atoms. The minimum atomic E-state index is -0.920. The van der Waals surface area contributed by atoms with Crippen LogP contribution >= 0.6 is 0 Å². The van der Waals surface area contributed by atoms with Gasteiger partial charge in [-0.05, 0) is 24.6 Å². The first-order valence-corrected chi connectivity index (χ1v) is 6.43. The maximum absolute atomic E-state index is 11.6. The minimum Gasteiger partial charge on any atom is -0.494 e. The maximum Gasteiger partial charge on any atom is 0.255 e. The summed E-state index contributed by atoms with van der Waals surface area (Å²) in [5.41, 5.74) is 0.626. The monoisotopic (exact) mass is 279 g/mol. The van der Waals surface area contributed by atoms with Gasteiger partial charge in [0.05, 0.1) is 19.3 Å². The first-order chi connectivity index (χ1) is 9.61. The molecule has 1 N–H and O–H groups in total. The lowest BCUT2D eigenvalue weighted by atomic mass is 10.1. The Morgan fingerprint density at radius 3 is 2.40 bits per heavy atom. The molecule has 6 nitrogen and oxygen atoms in total. The van der Waals surface area contributed by atoms with Crippen LogP contribution in [0.5, 0.6) is 5.75 Å². The van der Waals surface area contributed by atoms with Crippen LogP contribution in [0.15, 0.2) is 24.3 Å². The number of aliphatic hydroxyl groups is 1. The zero-order valence-electron chi connectivity index (χ0n) is 11.2. The molecule has 2 rings (SSSR count). The smallest absolute Gasteiger partial charge is 0.255 e. The highest BCUT2D eigenvalue weighted by atomic mass is 16.5. The highest BCUT2D eigenvalue weighted by molar-refractivity contribution is 5.98. The van der Waals surface area contributed by atoms with Gasteiger partial charge >= 0.3 is 0 Å². The van der Waals surface area contributed by atoms with Crippen molar-refractivity contribution in [3.8, 4) is 5.75 Å². The minimum absolute atomic E-state index is 0.0605. The Bertz CT molecular complexity index is 469. The van der Waals surface area contributed by atoms with E-state index >= 15 is 0 Å². The summed E-state index contributed by atoms with van der Waals surface area (Å²) in [6.45, 7) is 2.15. The Labute approximate surface area is 116 Å². The standard InChI is InChI=1S/C14H17NO5/c1-2-20-11-5-3-10(4-6-11)12(16)7-15-13(17)8-19-9-14(15)18/h3-6,12,16H,2,7-9H2,1H3. The molecule has 0 aliphatic carbocycles. The second-order valence-corrected chi connectivity index (χ2v) is 4.41. The summed E-state index contributed by atoms with van der Waals surface area (Å²) >= 11 is 0. The van der Waals surface area contributed by atoms with Crippen molar-refractivity contribution < 1.29 is 24.2 Å². The van der Waals surface area contributed by atoms with E-state index in [2.05, 4.69) is 0 Å². The highest BCUT2D eigenvalue weighted by Gasteiger charge is 2.28. The normalized spacial score (nSPS) is 17.2. The van der Waals surface area contributed by atoms with Crippen molar-refractivity contribution in [1.82, 2.24) is 4.90 Å². The summed E-state index contributed by atoms with van der Waals surface area (Å²) in [4.78, 5) is 24.2. The van der Waals surface area contributed by atoms with E-state index in [-0.39, 0.29) is 19.8 Å². The molecule has 0 saturated carbocycles. The van der Waals surface area contributed by atoms with E-state index in [1.54, 1.807) is 24.3 Å². The average molecular weight is 279 g/mol. The summed E-state index contributed by atoms with van der Waals surface area (Å²) in [6.07, 6.45) is -0.920. The van der Waals surface area contributed by atoms with Gasteiger partial charge in [-0.2, -0.15) is 0 Å². The highest BCUT2D eigenvalue weighted by Crippen LogP contribution is 2.19. The number of hydrogen-bond acceptors (Lipinski definition) is 5. The van der Waals surface area contributed by atoms with Crippen molar-refractivity contribution in [2.45, 2.75) is 13.0 Å². The number of β-amino-alcohol motifs (C(OH)–C–C–N with tert-alkyl or cyclic N) is 1. The second-order valence-electron chi connectivity index (χ2n) is 4.41. The molecule has 1 aliphatic heterocycles. The van der Waals surface area contributed by atoms with Gasteiger partial charge in [0.15, 0.2) is 0 Å². The summed E-state index contributed by atoms with van der Waals surface area (Å²) in [7, 11) is 0. The van der Waals surface area contributed by atoms with E-state index in [1.165, 1.54) is 0 Å². The molecule has 1 aromatic rings. The molecule has 2 amide bonds. The van der Waals surface area contributed by atoms with Crippen LogP contribution < -0.4 is 4.74 Å². The molecule has 1 unspecified atom stereocenters. The quantitative estimate of drug-likeness (QED) is 0.794. The molecule has 1 fully saturated rings. The Morgan fingerprint density at radius 2 is 1.85 bits per heavy atom. The lowest BCUT2D eigenvalue weighted by Crippen LogP contribution is -2.47. The first kappa shape index (κ1) is 14.5. The van der Waals surface area contributed by atoms with Crippen LogP contribution in [0, 0.1) is 0 Å². The zero-order chi connectivity index (χ0) is 14.5. The summed E-state index contributed by atoms with van der Waals surface area (Å²) < 4.78 is 10.1. The molecule has 1 heterocycles. The van der Waals surface area contributed by atoms with Gasteiger partial charge < -0.3 is 14.6 Å². The Morgan fingerprint density at radius 1 is 1.25 bits per heavy atom. The van der Waals surface area contributed by atoms with Crippen molar-refractivity contribution in [3.05, 3.63) is 29.8 Å². The van der Waals surface area contributed by atoms with Crippen molar-refractivity contribution in [3.63, 3.8) is 0 Å².